The lowest BCUT2D eigenvalue weighted by molar-refractivity contribution is 0.437. The molecule has 16 heavy (non-hydrogen) atoms. The summed E-state index contributed by atoms with van der Waals surface area (Å²) in [7, 11) is 6.17. The quantitative estimate of drug-likeness (QED) is 0.814. The Bertz CT molecular complexity index is 329. The SMILES string of the molecule is CNCc1ccc(SCCN(C)C)cc1Br. The maximum Gasteiger partial charge on any atom is 0.0231 e. The number of halogens is 1. The molecule has 0 fully saturated rings. The smallest absolute Gasteiger partial charge is 0.0231 e. The Hall–Kier alpha value is -0.0300. The molecule has 0 saturated heterocycles. The van der Waals surface area contributed by atoms with Gasteiger partial charge >= 0.3 is 0 Å². The lowest BCUT2D eigenvalue weighted by Gasteiger charge is -2.10. The molecule has 0 aliphatic rings. The highest BCUT2D eigenvalue weighted by Gasteiger charge is 2.01. The number of nitrogens with one attached hydrogen (secondary N) is 1. The summed E-state index contributed by atoms with van der Waals surface area (Å²) in [6.07, 6.45) is 0. The van der Waals surface area contributed by atoms with Crippen LogP contribution in [0.3, 0.4) is 0 Å². The molecule has 0 amide bonds. The molecule has 0 radical (unpaired) electrons. The summed E-state index contributed by atoms with van der Waals surface area (Å²) in [5.74, 6) is 1.13. The third-order valence-corrected chi connectivity index (χ3v) is 3.91. The number of rotatable bonds is 6. The maximum atomic E-state index is 3.61. The summed E-state index contributed by atoms with van der Waals surface area (Å²) >= 11 is 5.50. The van der Waals surface area contributed by atoms with Crippen LogP contribution in [-0.2, 0) is 6.54 Å². The van der Waals surface area contributed by atoms with Gasteiger partial charge in [-0.15, -0.1) is 11.8 Å². The van der Waals surface area contributed by atoms with Crippen LogP contribution in [0, 0.1) is 0 Å². The van der Waals surface area contributed by atoms with Crippen LogP contribution < -0.4 is 5.32 Å². The minimum atomic E-state index is 0.906. The fourth-order valence-corrected chi connectivity index (χ4v) is 3.03. The highest BCUT2D eigenvalue weighted by atomic mass is 79.9. The van der Waals surface area contributed by atoms with Crippen LogP contribution >= 0.6 is 27.7 Å². The van der Waals surface area contributed by atoms with Gasteiger partial charge in [-0.2, -0.15) is 0 Å². The van der Waals surface area contributed by atoms with Crippen molar-refractivity contribution in [2.45, 2.75) is 11.4 Å². The summed E-state index contributed by atoms with van der Waals surface area (Å²) < 4.78 is 1.19. The molecule has 0 spiro atoms. The second kappa shape index (κ2) is 7.33. The minimum Gasteiger partial charge on any atom is -0.316 e. The highest BCUT2D eigenvalue weighted by molar-refractivity contribution is 9.10. The van der Waals surface area contributed by atoms with E-state index < -0.39 is 0 Å². The fraction of sp³-hybridized carbons (Fsp3) is 0.500. The molecule has 4 heteroatoms. The van der Waals surface area contributed by atoms with E-state index in [9.17, 15) is 0 Å². The predicted molar refractivity (Wildman–Crippen MR) is 76.2 cm³/mol. The molecule has 1 rings (SSSR count). The molecule has 0 aliphatic heterocycles. The molecule has 0 unspecified atom stereocenters. The van der Waals surface area contributed by atoms with Gasteiger partial charge in [-0.1, -0.05) is 22.0 Å². The zero-order chi connectivity index (χ0) is 12.0. The molecule has 0 saturated carbocycles. The van der Waals surface area contributed by atoms with Crippen LogP contribution in [0.25, 0.3) is 0 Å². The Labute approximate surface area is 111 Å². The van der Waals surface area contributed by atoms with E-state index in [1.165, 1.54) is 14.9 Å². The first kappa shape index (κ1) is 14.0. The van der Waals surface area contributed by atoms with Gasteiger partial charge in [-0.25, -0.2) is 0 Å². The molecule has 1 aromatic rings. The Kier molecular flexibility index (Phi) is 6.43. The van der Waals surface area contributed by atoms with Gasteiger partial charge in [0.15, 0.2) is 0 Å². The van der Waals surface area contributed by atoms with Crippen molar-refractivity contribution in [3.8, 4) is 0 Å². The van der Waals surface area contributed by atoms with Gasteiger partial charge in [-0.05, 0) is 38.8 Å². The summed E-state index contributed by atoms with van der Waals surface area (Å²) in [5.41, 5.74) is 1.31. The predicted octanol–water partition coefficient (Wildman–Crippen LogP) is 2.82. The van der Waals surface area contributed by atoms with Crippen LogP contribution in [0.1, 0.15) is 5.56 Å². The van der Waals surface area contributed by atoms with E-state index in [0.717, 1.165) is 18.8 Å². The van der Waals surface area contributed by atoms with Crippen molar-refractivity contribution in [3.05, 3.63) is 28.2 Å². The van der Waals surface area contributed by atoms with Gasteiger partial charge in [0.1, 0.15) is 0 Å². The van der Waals surface area contributed by atoms with Gasteiger partial charge < -0.3 is 10.2 Å². The van der Waals surface area contributed by atoms with Crippen LogP contribution in [-0.4, -0.2) is 38.3 Å². The van der Waals surface area contributed by atoms with Crippen LogP contribution in [0.5, 0.6) is 0 Å². The second-order valence-corrected chi connectivity index (χ2v) is 5.96. The van der Waals surface area contributed by atoms with Crippen molar-refractivity contribution in [2.24, 2.45) is 0 Å². The standard InChI is InChI=1S/C12H19BrN2S/c1-14-9-10-4-5-11(8-12(10)13)16-7-6-15(2)3/h4-5,8,14H,6-7,9H2,1-3H3. The van der Waals surface area contributed by atoms with Crippen molar-refractivity contribution < 1.29 is 0 Å². The van der Waals surface area contributed by atoms with E-state index in [-0.39, 0.29) is 0 Å². The highest BCUT2D eigenvalue weighted by Crippen LogP contribution is 2.25. The molecule has 0 aliphatic carbocycles. The number of benzene rings is 1. The first-order chi connectivity index (χ1) is 7.63. The average molecular weight is 303 g/mol. The van der Waals surface area contributed by atoms with Gasteiger partial charge in [0.2, 0.25) is 0 Å². The molecule has 0 aromatic heterocycles. The third kappa shape index (κ3) is 4.87. The van der Waals surface area contributed by atoms with E-state index in [0.29, 0.717) is 0 Å². The third-order valence-electron chi connectivity index (χ3n) is 2.20. The average Bonchev–Trinajstić information content (AvgIpc) is 2.21. The number of nitrogens with zero attached hydrogens (tertiary/aromatic N) is 1. The lowest BCUT2D eigenvalue weighted by atomic mass is 10.2. The van der Waals surface area contributed by atoms with Crippen molar-refractivity contribution in [1.82, 2.24) is 10.2 Å². The largest absolute Gasteiger partial charge is 0.316 e. The Morgan fingerprint density at radius 1 is 1.38 bits per heavy atom. The van der Waals surface area contributed by atoms with Crippen molar-refractivity contribution in [3.63, 3.8) is 0 Å². The molecule has 0 atom stereocenters. The number of hydrogen-bond acceptors (Lipinski definition) is 3. The minimum absolute atomic E-state index is 0.906. The fourth-order valence-electron chi connectivity index (χ4n) is 1.30. The Morgan fingerprint density at radius 3 is 2.69 bits per heavy atom. The molecular formula is C12H19BrN2S. The van der Waals surface area contributed by atoms with Gasteiger partial charge in [-0.3, -0.25) is 0 Å². The zero-order valence-electron chi connectivity index (χ0n) is 10.1. The zero-order valence-corrected chi connectivity index (χ0v) is 12.5. The molecular weight excluding hydrogens is 284 g/mol. The molecule has 1 N–H and O–H groups in total. The normalized spacial score (nSPS) is 11.1. The summed E-state index contributed by atoms with van der Waals surface area (Å²) in [6, 6.07) is 6.57. The molecule has 0 bridgehead atoms. The van der Waals surface area contributed by atoms with Gasteiger partial charge in [0.05, 0.1) is 0 Å². The molecule has 0 heterocycles. The van der Waals surface area contributed by atoms with E-state index in [4.69, 9.17) is 0 Å². The van der Waals surface area contributed by atoms with E-state index in [1.54, 1.807) is 0 Å². The van der Waals surface area contributed by atoms with Gasteiger partial charge in [0, 0.05) is 28.2 Å². The van der Waals surface area contributed by atoms with Crippen molar-refractivity contribution >= 4 is 27.7 Å². The van der Waals surface area contributed by atoms with E-state index in [2.05, 4.69) is 58.4 Å². The first-order valence-corrected chi connectivity index (χ1v) is 7.12. The number of hydrogen-bond donors (Lipinski definition) is 1. The van der Waals surface area contributed by atoms with Gasteiger partial charge in [0.25, 0.3) is 0 Å². The first-order valence-electron chi connectivity index (χ1n) is 5.34. The maximum absolute atomic E-state index is 3.61. The van der Waals surface area contributed by atoms with Crippen molar-refractivity contribution in [1.29, 1.82) is 0 Å². The number of thioether (sulfide) groups is 1. The lowest BCUT2D eigenvalue weighted by Crippen LogP contribution is -2.14. The monoisotopic (exact) mass is 302 g/mol. The Balaban J connectivity index is 2.52. The molecule has 2 nitrogen and oxygen atoms in total. The topological polar surface area (TPSA) is 15.3 Å². The second-order valence-electron chi connectivity index (χ2n) is 3.94. The van der Waals surface area contributed by atoms with Crippen LogP contribution in [0.15, 0.2) is 27.6 Å². The molecule has 90 valence electrons. The Morgan fingerprint density at radius 2 is 2.12 bits per heavy atom. The summed E-state index contributed by atoms with van der Waals surface area (Å²) in [5, 5.41) is 3.16. The van der Waals surface area contributed by atoms with Crippen LogP contribution in [0.4, 0.5) is 0 Å². The van der Waals surface area contributed by atoms with E-state index in [1.807, 2.05) is 18.8 Å². The van der Waals surface area contributed by atoms with Crippen molar-refractivity contribution in [2.75, 3.05) is 33.4 Å². The molecule has 1 aromatic carbocycles. The van der Waals surface area contributed by atoms with E-state index >= 15 is 0 Å². The summed E-state index contributed by atoms with van der Waals surface area (Å²) in [4.78, 5) is 3.53. The summed E-state index contributed by atoms with van der Waals surface area (Å²) in [6.45, 7) is 2.02. The van der Waals surface area contributed by atoms with Crippen LogP contribution in [0.2, 0.25) is 0 Å².